The summed E-state index contributed by atoms with van der Waals surface area (Å²) < 4.78 is 5.21. The number of hydrogen-bond donors (Lipinski definition) is 1. The number of carboxylic acid groups (broad SMARTS) is 1. The highest BCUT2D eigenvalue weighted by molar-refractivity contribution is 5.83. The number of morpholine rings is 1. The van der Waals surface area contributed by atoms with Crippen LogP contribution in [-0.4, -0.2) is 45.6 Å². The summed E-state index contributed by atoms with van der Waals surface area (Å²) in [6.45, 7) is 5.36. The Balaban J connectivity index is 2.45. The lowest BCUT2D eigenvalue weighted by atomic mass is 9.97. The maximum atomic E-state index is 12.0. The van der Waals surface area contributed by atoms with Crippen LogP contribution in [0.2, 0.25) is 0 Å². The van der Waals surface area contributed by atoms with Gasteiger partial charge in [-0.25, -0.2) is 4.79 Å². The predicted octanol–water partition coefficient (Wildman–Crippen LogP) is 1.15. The van der Waals surface area contributed by atoms with Crippen molar-refractivity contribution in [2.45, 2.75) is 39.0 Å². The normalized spacial score (nSPS) is 23.2. The molecule has 20 heavy (non-hydrogen) atoms. The Labute approximate surface area is 117 Å². The molecule has 1 amide bonds. The van der Waals surface area contributed by atoms with Crippen LogP contribution in [0.4, 0.5) is 0 Å². The van der Waals surface area contributed by atoms with Gasteiger partial charge in [0.2, 0.25) is 5.91 Å². The Hall–Kier alpha value is -1.95. The molecule has 2 heterocycles. The second-order valence-electron chi connectivity index (χ2n) is 5.14. The summed E-state index contributed by atoms with van der Waals surface area (Å²) >= 11 is 0. The van der Waals surface area contributed by atoms with Gasteiger partial charge >= 0.3 is 5.97 Å². The molecular formula is C14H18N2O4. The largest absolute Gasteiger partial charge is 0.479 e. The number of carbonyl (C=O) groups excluding carboxylic acids is 1. The number of aliphatic carboxylic acids is 1. The zero-order valence-electron chi connectivity index (χ0n) is 11.7. The second-order valence-corrected chi connectivity index (χ2v) is 5.14. The minimum Gasteiger partial charge on any atom is -0.479 e. The first kappa shape index (κ1) is 14.5. The molecule has 0 saturated carbocycles. The van der Waals surface area contributed by atoms with Gasteiger partial charge in [0.15, 0.2) is 6.10 Å². The first-order valence-electron chi connectivity index (χ1n) is 6.50. The van der Waals surface area contributed by atoms with Gasteiger partial charge in [-0.3, -0.25) is 9.78 Å². The molecule has 1 saturated heterocycles. The molecule has 1 aliphatic heterocycles. The molecule has 108 valence electrons. The van der Waals surface area contributed by atoms with Crippen LogP contribution in [0.5, 0.6) is 0 Å². The molecule has 0 spiro atoms. The van der Waals surface area contributed by atoms with Crippen LogP contribution in [-0.2, 0) is 14.3 Å². The number of nitrogens with zero attached hydrogens (tertiary/aromatic N) is 2. The van der Waals surface area contributed by atoms with E-state index >= 15 is 0 Å². The van der Waals surface area contributed by atoms with Crippen LogP contribution in [0, 0.1) is 6.92 Å². The third kappa shape index (κ3) is 2.65. The van der Waals surface area contributed by atoms with Crippen LogP contribution in [0.3, 0.4) is 0 Å². The molecule has 0 bridgehead atoms. The summed E-state index contributed by atoms with van der Waals surface area (Å²) in [6.07, 6.45) is 0.535. The van der Waals surface area contributed by atoms with E-state index < -0.39 is 18.1 Å². The summed E-state index contributed by atoms with van der Waals surface area (Å²) in [5, 5.41) is 9.33. The van der Waals surface area contributed by atoms with Crippen LogP contribution in [0.25, 0.3) is 0 Å². The van der Waals surface area contributed by atoms with E-state index in [2.05, 4.69) is 4.98 Å². The fraction of sp³-hybridized carbons (Fsp3) is 0.500. The summed E-state index contributed by atoms with van der Waals surface area (Å²) in [4.78, 5) is 29.2. The Morgan fingerprint density at radius 3 is 2.70 bits per heavy atom. The van der Waals surface area contributed by atoms with Crippen molar-refractivity contribution in [1.82, 2.24) is 9.88 Å². The monoisotopic (exact) mass is 278 g/mol. The fourth-order valence-electron chi connectivity index (χ4n) is 2.43. The molecule has 0 aromatic carbocycles. The van der Waals surface area contributed by atoms with E-state index in [1.54, 1.807) is 23.2 Å². The van der Waals surface area contributed by atoms with Crippen molar-refractivity contribution in [2.24, 2.45) is 0 Å². The molecular weight excluding hydrogens is 260 g/mol. The number of rotatable bonds is 3. The van der Waals surface area contributed by atoms with E-state index in [4.69, 9.17) is 4.74 Å². The number of pyridine rings is 1. The van der Waals surface area contributed by atoms with Gasteiger partial charge < -0.3 is 14.7 Å². The second kappa shape index (κ2) is 5.58. The third-order valence-corrected chi connectivity index (χ3v) is 3.34. The zero-order valence-corrected chi connectivity index (χ0v) is 11.7. The molecule has 2 atom stereocenters. The smallest absolute Gasteiger partial charge is 0.335 e. The maximum Gasteiger partial charge on any atom is 0.335 e. The Kier molecular flexibility index (Phi) is 4.04. The summed E-state index contributed by atoms with van der Waals surface area (Å²) in [6, 6.07) is 2.83. The first-order chi connectivity index (χ1) is 9.41. The fourth-order valence-corrected chi connectivity index (χ4v) is 2.43. The highest BCUT2D eigenvalue weighted by Crippen LogP contribution is 2.31. The number of amides is 1. The molecule has 1 aliphatic rings. The molecule has 1 fully saturated rings. The van der Waals surface area contributed by atoms with Gasteiger partial charge in [-0.1, -0.05) is 6.07 Å². The van der Waals surface area contributed by atoms with E-state index in [-0.39, 0.29) is 18.6 Å². The summed E-state index contributed by atoms with van der Waals surface area (Å²) in [5.74, 6) is -1.28. The van der Waals surface area contributed by atoms with Crippen LogP contribution in [0.15, 0.2) is 18.3 Å². The predicted molar refractivity (Wildman–Crippen MR) is 71.1 cm³/mol. The molecule has 1 aromatic rings. The highest BCUT2D eigenvalue weighted by atomic mass is 16.5. The molecule has 1 aromatic heterocycles. The Morgan fingerprint density at radius 2 is 2.20 bits per heavy atom. The minimum atomic E-state index is -1.08. The van der Waals surface area contributed by atoms with Gasteiger partial charge in [0, 0.05) is 17.9 Å². The highest BCUT2D eigenvalue weighted by Gasteiger charge is 2.43. The average molecular weight is 278 g/mol. The van der Waals surface area contributed by atoms with Gasteiger partial charge in [0.25, 0.3) is 0 Å². The third-order valence-electron chi connectivity index (χ3n) is 3.34. The van der Waals surface area contributed by atoms with Crippen molar-refractivity contribution in [3.63, 3.8) is 0 Å². The molecule has 2 rings (SSSR count). The van der Waals surface area contributed by atoms with E-state index in [9.17, 15) is 14.7 Å². The number of carboxylic acids is 1. The van der Waals surface area contributed by atoms with Crippen molar-refractivity contribution in [3.8, 4) is 0 Å². The van der Waals surface area contributed by atoms with Crippen molar-refractivity contribution >= 4 is 11.9 Å². The van der Waals surface area contributed by atoms with Gasteiger partial charge in [0.1, 0.15) is 6.61 Å². The minimum absolute atomic E-state index is 0.112. The Bertz CT molecular complexity index is 512. The van der Waals surface area contributed by atoms with Crippen LogP contribution >= 0.6 is 0 Å². The van der Waals surface area contributed by atoms with Gasteiger partial charge in [-0.05, 0) is 32.4 Å². The number of ether oxygens (including phenoxy) is 1. The molecule has 0 radical (unpaired) electrons. The molecule has 6 nitrogen and oxygen atoms in total. The average Bonchev–Trinajstić information content (AvgIpc) is 2.38. The van der Waals surface area contributed by atoms with Gasteiger partial charge in [-0.2, -0.15) is 0 Å². The SMILES string of the molecule is Cc1ccc(C2C(C(=O)O)OCC(=O)N2C(C)C)cn1. The summed E-state index contributed by atoms with van der Waals surface area (Å²) in [7, 11) is 0. The van der Waals surface area contributed by atoms with Crippen molar-refractivity contribution in [2.75, 3.05) is 6.61 Å². The number of hydrogen-bond acceptors (Lipinski definition) is 4. The maximum absolute atomic E-state index is 12.0. The van der Waals surface area contributed by atoms with Gasteiger partial charge in [0.05, 0.1) is 6.04 Å². The lowest BCUT2D eigenvalue weighted by molar-refractivity contribution is -0.175. The lowest BCUT2D eigenvalue weighted by Gasteiger charge is -2.41. The van der Waals surface area contributed by atoms with E-state index in [0.717, 1.165) is 5.69 Å². The molecule has 6 heteroatoms. The number of aryl methyl sites for hydroxylation is 1. The first-order valence-corrected chi connectivity index (χ1v) is 6.50. The van der Waals surface area contributed by atoms with E-state index in [1.807, 2.05) is 20.8 Å². The van der Waals surface area contributed by atoms with Crippen molar-refractivity contribution < 1.29 is 19.4 Å². The number of carbonyl (C=O) groups is 2. The van der Waals surface area contributed by atoms with Crippen molar-refractivity contribution in [3.05, 3.63) is 29.6 Å². The Morgan fingerprint density at radius 1 is 1.50 bits per heavy atom. The van der Waals surface area contributed by atoms with Crippen LogP contribution < -0.4 is 0 Å². The van der Waals surface area contributed by atoms with Crippen LogP contribution in [0.1, 0.15) is 31.1 Å². The molecule has 1 N–H and O–H groups in total. The standard InChI is InChI=1S/C14H18N2O4/c1-8(2)16-11(17)7-20-13(14(18)19)12(16)10-5-4-9(3)15-6-10/h4-6,8,12-13H,7H2,1-3H3,(H,18,19). The molecule has 2 unspecified atom stereocenters. The summed E-state index contributed by atoms with van der Waals surface area (Å²) in [5.41, 5.74) is 1.50. The van der Waals surface area contributed by atoms with E-state index in [1.165, 1.54) is 0 Å². The van der Waals surface area contributed by atoms with Gasteiger partial charge in [-0.15, -0.1) is 0 Å². The topological polar surface area (TPSA) is 79.7 Å². The lowest BCUT2D eigenvalue weighted by Crippen LogP contribution is -2.54. The zero-order chi connectivity index (χ0) is 14.9. The number of aromatic nitrogens is 1. The molecule has 0 aliphatic carbocycles. The van der Waals surface area contributed by atoms with E-state index in [0.29, 0.717) is 5.56 Å². The quantitative estimate of drug-likeness (QED) is 0.897. The van der Waals surface area contributed by atoms with Crippen molar-refractivity contribution in [1.29, 1.82) is 0 Å².